The monoisotopic (exact) mass is 285 g/mol. The number of rotatable bonds is 6. The van der Waals surface area contributed by atoms with E-state index in [0.29, 0.717) is 6.42 Å². The summed E-state index contributed by atoms with van der Waals surface area (Å²) in [4.78, 5) is 0. The van der Waals surface area contributed by atoms with E-state index in [4.69, 9.17) is 4.74 Å². The van der Waals surface area contributed by atoms with Crippen molar-refractivity contribution in [3.05, 3.63) is 29.8 Å². The third kappa shape index (κ3) is 4.69. The highest BCUT2D eigenvalue weighted by molar-refractivity contribution is 7.90. The molecule has 1 rings (SSSR count). The van der Waals surface area contributed by atoms with E-state index in [1.54, 1.807) is 7.11 Å². The van der Waals surface area contributed by atoms with E-state index in [0.717, 1.165) is 11.3 Å². The van der Waals surface area contributed by atoms with Gasteiger partial charge >= 0.3 is 0 Å². The topological polar surface area (TPSA) is 64.5 Å². The quantitative estimate of drug-likeness (QED) is 0.786. The van der Waals surface area contributed by atoms with E-state index >= 15 is 0 Å². The summed E-state index contributed by atoms with van der Waals surface area (Å²) in [5.41, 5.74) is 0.914. The van der Waals surface area contributed by atoms with E-state index in [-0.39, 0.29) is 17.4 Å². The average molecular weight is 285 g/mol. The van der Waals surface area contributed by atoms with Crippen molar-refractivity contribution >= 4 is 11.4 Å². The number of aliphatic hydroxyl groups excluding tert-OH is 1. The third-order valence-corrected chi connectivity index (χ3v) is 4.35. The molecule has 0 saturated carbocycles. The molecule has 0 aliphatic carbocycles. The summed E-state index contributed by atoms with van der Waals surface area (Å²) in [6, 6.07) is 7.39. The van der Waals surface area contributed by atoms with Gasteiger partial charge < -0.3 is 14.4 Å². The molecule has 108 valence electrons. The molecule has 0 amide bonds. The Hall–Kier alpha value is -0.750. The lowest BCUT2D eigenvalue weighted by atomic mass is 10.0. The molecule has 1 aromatic carbocycles. The smallest absolute Gasteiger partial charge is 0.136 e. The number of ether oxygens (including phenoxy) is 1. The minimum atomic E-state index is -1.20. The van der Waals surface area contributed by atoms with Gasteiger partial charge in [-0.1, -0.05) is 18.2 Å². The van der Waals surface area contributed by atoms with Crippen molar-refractivity contribution in [1.29, 1.82) is 0 Å². The van der Waals surface area contributed by atoms with Crippen LogP contribution in [0.5, 0.6) is 5.75 Å². The maximum absolute atomic E-state index is 12.2. The fraction of sp³-hybridized carbons (Fsp3) is 0.571. The molecule has 0 aromatic heterocycles. The zero-order chi connectivity index (χ0) is 14.5. The molecule has 0 spiro atoms. The summed E-state index contributed by atoms with van der Waals surface area (Å²) < 4.78 is 20.2. The SMILES string of the molecule is COc1ccccc1C(CCO)N[S+]([O-])C(C)(C)C. The molecular weight excluding hydrogens is 262 g/mol. The Kier molecular flexibility index (Phi) is 6.13. The van der Waals surface area contributed by atoms with Crippen LogP contribution in [-0.2, 0) is 11.4 Å². The molecule has 4 nitrogen and oxygen atoms in total. The van der Waals surface area contributed by atoms with Gasteiger partial charge in [0.05, 0.1) is 13.2 Å². The fourth-order valence-corrected chi connectivity index (χ4v) is 2.52. The number of benzene rings is 1. The number of para-hydroxylation sites is 1. The van der Waals surface area contributed by atoms with Gasteiger partial charge in [0.25, 0.3) is 0 Å². The van der Waals surface area contributed by atoms with Gasteiger partial charge in [-0.2, -0.15) is 0 Å². The van der Waals surface area contributed by atoms with E-state index in [1.807, 2.05) is 45.0 Å². The Labute approximate surface area is 118 Å². The van der Waals surface area contributed by atoms with Crippen LogP contribution in [-0.4, -0.2) is 28.1 Å². The average Bonchev–Trinajstić information content (AvgIpc) is 2.37. The van der Waals surface area contributed by atoms with Gasteiger partial charge in [-0.25, -0.2) is 0 Å². The maximum Gasteiger partial charge on any atom is 0.136 e. The van der Waals surface area contributed by atoms with Crippen molar-refractivity contribution in [2.75, 3.05) is 13.7 Å². The van der Waals surface area contributed by atoms with Crippen molar-refractivity contribution in [3.8, 4) is 5.75 Å². The van der Waals surface area contributed by atoms with E-state index in [1.165, 1.54) is 0 Å². The first-order valence-electron chi connectivity index (χ1n) is 6.32. The second-order valence-electron chi connectivity index (χ2n) is 5.31. The van der Waals surface area contributed by atoms with E-state index < -0.39 is 11.4 Å². The van der Waals surface area contributed by atoms with Crippen molar-refractivity contribution in [3.63, 3.8) is 0 Å². The largest absolute Gasteiger partial charge is 0.598 e. The predicted octanol–water partition coefficient (Wildman–Crippen LogP) is 2.17. The number of hydrogen-bond acceptors (Lipinski definition) is 4. The molecule has 5 heteroatoms. The first-order chi connectivity index (χ1) is 8.90. The Morgan fingerprint density at radius 2 is 2.00 bits per heavy atom. The fourth-order valence-electron chi connectivity index (χ4n) is 1.67. The van der Waals surface area contributed by atoms with Crippen LogP contribution in [0.3, 0.4) is 0 Å². The van der Waals surface area contributed by atoms with Gasteiger partial charge in [-0.3, -0.25) is 0 Å². The van der Waals surface area contributed by atoms with Crippen molar-refractivity contribution in [2.24, 2.45) is 0 Å². The minimum absolute atomic E-state index is 0.0249. The van der Waals surface area contributed by atoms with Gasteiger partial charge in [0.15, 0.2) is 0 Å². The summed E-state index contributed by atoms with van der Waals surface area (Å²) in [6.07, 6.45) is 0.488. The lowest BCUT2D eigenvalue weighted by Crippen LogP contribution is -2.41. The van der Waals surface area contributed by atoms with Gasteiger partial charge in [0.2, 0.25) is 0 Å². The molecule has 0 saturated heterocycles. The molecular formula is C14H23NO3S. The molecule has 0 heterocycles. The molecule has 19 heavy (non-hydrogen) atoms. The van der Waals surface area contributed by atoms with Crippen LogP contribution in [0.1, 0.15) is 38.8 Å². The Morgan fingerprint density at radius 1 is 1.37 bits per heavy atom. The molecule has 0 bridgehead atoms. The van der Waals surface area contributed by atoms with Gasteiger partial charge in [0, 0.05) is 23.5 Å². The number of hydrogen-bond donors (Lipinski definition) is 2. The summed E-state index contributed by atoms with van der Waals surface area (Å²) in [5, 5.41) is 9.20. The Morgan fingerprint density at radius 3 is 2.53 bits per heavy atom. The van der Waals surface area contributed by atoms with Gasteiger partial charge in [-0.15, -0.1) is 4.72 Å². The van der Waals surface area contributed by atoms with E-state index in [9.17, 15) is 9.66 Å². The van der Waals surface area contributed by atoms with Gasteiger partial charge in [0.1, 0.15) is 10.5 Å². The van der Waals surface area contributed by atoms with Crippen LogP contribution in [0.4, 0.5) is 0 Å². The number of aliphatic hydroxyl groups is 1. The van der Waals surface area contributed by atoms with Gasteiger partial charge in [-0.05, 0) is 33.3 Å². The Balaban J connectivity index is 2.94. The maximum atomic E-state index is 12.2. The number of methoxy groups -OCH3 is 1. The standard InChI is InChI=1S/C14H23NO3S/c1-14(2,3)19(17)15-12(9-10-16)11-7-5-6-8-13(11)18-4/h5-8,12,15-16H,9-10H2,1-4H3. The van der Waals surface area contributed by atoms with Crippen LogP contribution >= 0.6 is 0 Å². The zero-order valence-corrected chi connectivity index (χ0v) is 12.8. The second-order valence-corrected chi connectivity index (χ2v) is 7.30. The van der Waals surface area contributed by atoms with Crippen LogP contribution < -0.4 is 9.46 Å². The molecule has 2 N–H and O–H groups in total. The third-order valence-electron chi connectivity index (χ3n) is 2.74. The van der Waals surface area contributed by atoms with Crippen LogP contribution in [0.25, 0.3) is 0 Å². The van der Waals surface area contributed by atoms with Crippen LogP contribution in [0, 0.1) is 0 Å². The molecule has 2 atom stereocenters. The first kappa shape index (κ1) is 16.3. The van der Waals surface area contributed by atoms with Crippen molar-refractivity contribution in [2.45, 2.75) is 38.0 Å². The summed E-state index contributed by atoms with van der Waals surface area (Å²) in [5.74, 6) is 0.736. The lowest BCUT2D eigenvalue weighted by molar-refractivity contribution is 0.270. The van der Waals surface area contributed by atoms with Crippen LogP contribution in [0.2, 0.25) is 0 Å². The normalized spacial score (nSPS) is 15.1. The molecule has 1 aromatic rings. The van der Waals surface area contributed by atoms with Crippen molar-refractivity contribution in [1.82, 2.24) is 4.72 Å². The van der Waals surface area contributed by atoms with Crippen molar-refractivity contribution < 1.29 is 14.4 Å². The first-order valence-corrected chi connectivity index (χ1v) is 7.47. The Bertz CT molecular complexity index is 393. The summed E-state index contributed by atoms with van der Waals surface area (Å²) in [7, 11) is 1.61. The highest BCUT2D eigenvalue weighted by Crippen LogP contribution is 2.29. The second kappa shape index (κ2) is 7.14. The molecule has 0 fully saturated rings. The molecule has 2 unspecified atom stereocenters. The summed E-state index contributed by atoms with van der Waals surface area (Å²) >= 11 is -1.20. The lowest BCUT2D eigenvalue weighted by Gasteiger charge is -2.28. The molecule has 0 aliphatic rings. The molecule has 0 aliphatic heterocycles. The number of nitrogens with one attached hydrogen (secondary N) is 1. The highest BCUT2D eigenvalue weighted by Gasteiger charge is 2.30. The highest BCUT2D eigenvalue weighted by atomic mass is 32.2. The molecule has 0 radical (unpaired) electrons. The van der Waals surface area contributed by atoms with Crippen LogP contribution in [0.15, 0.2) is 24.3 Å². The van der Waals surface area contributed by atoms with E-state index in [2.05, 4.69) is 4.72 Å². The zero-order valence-electron chi connectivity index (χ0n) is 12.0. The summed E-state index contributed by atoms with van der Waals surface area (Å²) in [6.45, 7) is 5.76. The minimum Gasteiger partial charge on any atom is -0.598 e. The predicted molar refractivity (Wildman–Crippen MR) is 78.5 cm³/mol.